The van der Waals surface area contributed by atoms with Gasteiger partial charge < -0.3 is 15.2 Å². The maximum Gasteiger partial charge on any atom is 0.317 e. The van der Waals surface area contributed by atoms with E-state index in [0.29, 0.717) is 12.0 Å². The molecule has 2 atom stereocenters. The van der Waals surface area contributed by atoms with Gasteiger partial charge in [-0.15, -0.1) is 0 Å². The number of hydrogen-bond acceptors (Lipinski definition) is 3. The van der Waals surface area contributed by atoms with E-state index in [1.807, 2.05) is 11.1 Å². The molecule has 0 radical (unpaired) electrons. The first kappa shape index (κ1) is 19.8. The highest BCUT2D eigenvalue weighted by Crippen LogP contribution is 2.44. The van der Waals surface area contributed by atoms with Crippen molar-refractivity contribution in [2.75, 3.05) is 13.1 Å². The molecule has 7 nitrogen and oxygen atoms in total. The molecular weight excluding hydrogens is 400 g/mol. The number of carbonyl (C=O) groups is 1. The zero-order chi connectivity index (χ0) is 21.9. The normalized spacial score (nSPS) is 23.6. The SMILES string of the molecule is CCC(C)c1c[nH]c2ncc(-c3cc4n(n3)CCC43CCN(C(=O)NC4CCC4)C3)cc12. The van der Waals surface area contributed by atoms with Crippen LogP contribution in [-0.4, -0.2) is 49.8 Å². The third kappa shape index (κ3) is 3.05. The summed E-state index contributed by atoms with van der Waals surface area (Å²) in [5.41, 5.74) is 5.64. The van der Waals surface area contributed by atoms with Gasteiger partial charge in [-0.25, -0.2) is 9.78 Å². The highest BCUT2D eigenvalue weighted by atomic mass is 16.2. The molecule has 2 amide bonds. The molecule has 32 heavy (non-hydrogen) atoms. The molecule has 0 bridgehead atoms. The van der Waals surface area contributed by atoms with E-state index in [1.54, 1.807) is 0 Å². The molecule has 6 rings (SSSR count). The Morgan fingerprint density at radius 1 is 1.31 bits per heavy atom. The predicted octanol–water partition coefficient (Wildman–Crippen LogP) is 4.55. The summed E-state index contributed by atoms with van der Waals surface area (Å²) in [5.74, 6) is 0.492. The molecule has 5 heterocycles. The number of nitrogens with zero attached hydrogens (tertiary/aromatic N) is 4. The second kappa shape index (κ2) is 7.36. The zero-order valence-corrected chi connectivity index (χ0v) is 19.0. The lowest BCUT2D eigenvalue weighted by molar-refractivity contribution is 0.193. The van der Waals surface area contributed by atoms with Crippen molar-refractivity contribution in [3.63, 3.8) is 0 Å². The second-order valence-electron chi connectivity index (χ2n) is 10.1. The number of H-pyrrole nitrogens is 1. The summed E-state index contributed by atoms with van der Waals surface area (Å²) in [5, 5.41) is 9.35. The molecule has 1 saturated carbocycles. The van der Waals surface area contributed by atoms with Crippen LogP contribution in [0.4, 0.5) is 4.79 Å². The number of pyridine rings is 1. The molecule has 3 aromatic rings. The smallest absolute Gasteiger partial charge is 0.317 e. The maximum atomic E-state index is 12.7. The average Bonchev–Trinajstić information content (AvgIpc) is 3.54. The van der Waals surface area contributed by atoms with Crippen molar-refractivity contribution in [3.8, 4) is 11.3 Å². The summed E-state index contributed by atoms with van der Waals surface area (Å²) in [6.07, 6.45) is 10.7. The quantitative estimate of drug-likeness (QED) is 0.635. The summed E-state index contributed by atoms with van der Waals surface area (Å²) >= 11 is 0. The Kier molecular flexibility index (Phi) is 4.56. The minimum Gasteiger partial charge on any atom is -0.346 e. The van der Waals surface area contributed by atoms with Crippen LogP contribution in [0.15, 0.2) is 24.5 Å². The predicted molar refractivity (Wildman–Crippen MR) is 125 cm³/mol. The van der Waals surface area contributed by atoms with Gasteiger partial charge in [-0.05, 0) is 62.1 Å². The number of aryl methyl sites for hydroxylation is 1. The zero-order valence-electron chi connectivity index (χ0n) is 19.0. The van der Waals surface area contributed by atoms with Crippen LogP contribution in [0.25, 0.3) is 22.3 Å². The number of aromatic nitrogens is 4. The molecule has 2 unspecified atom stereocenters. The monoisotopic (exact) mass is 432 g/mol. The first-order valence-electron chi connectivity index (χ1n) is 12.2. The lowest BCUT2D eigenvalue weighted by atomic mass is 9.82. The van der Waals surface area contributed by atoms with E-state index in [1.165, 1.54) is 23.1 Å². The second-order valence-corrected chi connectivity index (χ2v) is 10.1. The van der Waals surface area contributed by atoms with E-state index in [-0.39, 0.29) is 11.4 Å². The van der Waals surface area contributed by atoms with Crippen molar-refractivity contribution in [2.24, 2.45) is 0 Å². The van der Waals surface area contributed by atoms with E-state index < -0.39 is 0 Å². The molecule has 1 saturated heterocycles. The number of urea groups is 1. The van der Waals surface area contributed by atoms with Crippen molar-refractivity contribution in [1.29, 1.82) is 0 Å². The van der Waals surface area contributed by atoms with Gasteiger partial charge in [-0.2, -0.15) is 5.10 Å². The Labute approximate surface area is 188 Å². The summed E-state index contributed by atoms with van der Waals surface area (Å²) < 4.78 is 2.17. The van der Waals surface area contributed by atoms with Gasteiger partial charge in [0.25, 0.3) is 0 Å². The van der Waals surface area contributed by atoms with Crippen LogP contribution in [-0.2, 0) is 12.0 Å². The van der Waals surface area contributed by atoms with Gasteiger partial charge in [0.1, 0.15) is 5.65 Å². The number of hydrogen-bond donors (Lipinski definition) is 2. The van der Waals surface area contributed by atoms with E-state index in [2.05, 4.69) is 52.1 Å². The number of amides is 2. The number of likely N-dealkylation sites (tertiary alicyclic amines) is 1. The molecule has 3 aliphatic rings. The Bertz CT molecular complexity index is 1170. The van der Waals surface area contributed by atoms with Gasteiger partial charge in [-0.1, -0.05) is 13.8 Å². The van der Waals surface area contributed by atoms with Crippen LogP contribution < -0.4 is 5.32 Å². The molecule has 2 N–H and O–H groups in total. The summed E-state index contributed by atoms with van der Waals surface area (Å²) in [7, 11) is 0. The highest BCUT2D eigenvalue weighted by Gasteiger charge is 2.47. The Hall–Kier alpha value is -2.83. The maximum absolute atomic E-state index is 12.7. The summed E-state index contributed by atoms with van der Waals surface area (Å²) in [6, 6.07) is 4.98. The van der Waals surface area contributed by atoms with E-state index >= 15 is 0 Å². The third-order valence-corrected chi connectivity index (χ3v) is 8.20. The van der Waals surface area contributed by atoms with Gasteiger partial charge in [0.2, 0.25) is 0 Å². The number of nitrogens with one attached hydrogen (secondary N) is 2. The fraction of sp³-hybridized carbons (Fsp3) is 0.560. The molecule has 168 valence electrons. The van der Waals surface area contributed by atoms with Crippen molar-refractivity contribution in [3.05, 3.63) is 35.8 Å². The van der Waals surface area contributed by atoms with Crippen molar-refractivity contribution in [2.45, 2.75) is 76.3 Å². The first-order chi connectivity index (χ1) is 15.6. The topological polar surface area (TPSA) is 78.8 Å². The highest BCUT2D eigenvalue weighted by molar-refractivity contribution is 5.84. The van der Waals surface area contributed by atoms with Gasteiger partial charge in [0.05, 0.1) is 5.69 Å². The minimum atomic E-state index is 0.0374. The van der Waals surface area contributed by atoms with E-state index in [4.69, 9.17) is 5.10 Å². The molecule has 2 aliphatic heterocycles. The molecule has 2 fully saturated rings. The third-order valence-electron chi connectivity index (χ3n) is 8.20. The molecule has 3 aromatic heterocycles. The number of aromatic amines is 1. The van der Waals surface area contributed by atoms with Crippen LogP contribution >= 0.6 is 0 Å². The van der Waals surface area contributed by atoms with Crippen molar-refractivity contribution < 1.29 is 4.79 Å². The van der Waals surface area contributed by atoms with Gasteiger partial charge in [0, 0.05) is 60.1 Å². The van der Waals surface area contributed by atoms with Gasteiger partial charge >= 0.3 is 6.03 Å². The molecule has 1 aliphatic carbocycles. The van der Waals surface area contributed by atoms with Crippen LogP contribution in [0.5, 0.6) is 0 Å². The van der Waals surface area contributed by atoms with Crippen LogP contribution in [0, 0.1) is 0 Å². The van der Waals surface area contributed by atoms with E-state index in [0.717, 1.165) is 68.6 Å². The van der Waals surface area contributed by atoms with Crippen molar-refractivity contribution in [1.82, 2.24) is 30.0 Å². The molecule has 7 heteroatoms. The lowest BCUT2D eigenvalue weighted by Gasteiger charge is -2.30. The molecule has 0 aromatic carbocycles. The number of rotatable bonds is 4. The number of carbonyl (C=O) groups excluding carboxylic acids is 1. The Morgan fingerprint density at radius 2 is 2.16 bits per heavy atom. The van der Waals surface area contributed by atoms with Crippen LogP contribution in [0.1, 0.15) is 69.5 Å². The first-order valence-corrected chi connectivity index (χ1v) is 12.2. The van der Waals surface area contributed by atoms with E-state index in [9.17, 15) is 4.79 Å². The van der Waals surface area contributed by atoms with Gasteiger partial charge in [-0.3, -0.25) is 4.68 Å². The molecular formula is C25H32N6O. The van der Waals surface area contributed by atoms with Crippen LogP contribution in [0.2, 0.25) is 0 Å². The summed E-state index contributed by atoms with van der Waals surface area (Å²) in [4.78, 5) is 22.7. The van der Waals surface area contributed by atoms with Crippen LogP contribution in [0.3, 0.4) is 0 Å². The largest absolute Gasteiger partial charge is 0.346 e. The fourth-order valence-corrected chi connectivity index (χ4v) is 5.67. The summed E-state index contributed by atoms with van der Waals surface area (Å²) in [6.45, 7) is 7.03. The fourth-order valence-electron chi connectivity index (χ4n) is 5.67. The Balaban J connectivity index is 1.27. The molecule has 1 spiro atoms. The number of fused-ring (bicyclic) bond motifs is 3. The minimum absolute atomic E-state index is 0.0374. The average molecular weight is 433 g/mol. The lowest BCUT2D eigenvalue weighted by Crippen LogP contribution is -2.47. The Morgan fingerprint density at radius 3 is 2.94 bits per heavy atom. The standard InChI is InChI=1S/C25H32N6O/c1-3-16(2)20-14-27-23-19(20)11-17(13-26-23)21-12-22-25(8-10-31(22)29-21)7-9-30(15-25)24(32)28-18-5-4-6-18/h11-14,16,18H,3-10,15H2,1-2H3,(H,26,27)(H,28,32). The van der Waals surface area contributed by atoms with Gasteiger partial charge in [0.15, 0.2) is 0 Å². The van der Waals surface area contributed by atoms with Crippen molar-refractivity contribution >= 4 is 17.1 Å².